The van der Waals surface area contributed by atoms with E-state index in [9.17, 15) is 18.3 Å². The van der Waals surface area contributed by atoms with Crippen LogP contribution in [0, 0.1) is 5.92 Å². The summed E-state index contributed by atoms with van der Waals surface area (Å²) in [6, 6.07) is 0. The molecule has 1 N–H and O–H groups in total. The van der Waals surface area contributed by atoms with E-state index in [1.165, 1.54) is 0 Å². The molecule has 0 aromatic rings. The molecule has 1 aliphatic carbocycles. The molecule has 0 radical (unpaired) electrons. The van der Waals surface area contributed by atoms with Crippen molar-refractivity contribution in [2.24, 2.45) is 11.1 Å². The molecular weight excluding hydrogens is 187 g/mol. The first-order valence-electron chi connectivity index (χ1n) is 3.99. The summed E-state index contributed by atoms with van der Waals surface area (Å²) in [4.78, 5) is 4.43. The van der Waals surface area contributed by atoms with Crippen LogP contribution < -0.4 is 0 Å². The van der Waals surface area contributed by atoms with Crippen molar-refractivity contribution in [3.63, 3.8) is 0 Å². The van der Waals surface area contributed by atoms with Crippen molar-refractivity contribution < 1.29 is 23.1 Å². The van der Waals surface area contributed by atoms with E-state index in [2.05, 4.69) is 9.99 Å². The Balaban J connectivity index is 2.26. The highest BCUT2D eigenvalue weighted by atomic mass is 19.4. The topological polar surface area (TPSA) is 41.8 Å². The van der Waals surface area contributed by atoms with Crippen LogP contribution in [0.1, 0.15) is 19.3 Å². The Hall–Kier alpha value is -0.780. The third-order valence-electron chi connectivity index (χ3n) is 2.49. The van der Waals surface area contributed by atoms with Crippen molar-refractivity contribution in [1.82, 2.24) is 0 Å². The van der Waals surface area contributed by atoms with Gasteiger partial charge in [-0.2, -0.15) is 13.2 Å². The van der Waals surface area contributed by atoms with Gasteiger partial charge in [0.2, 0.25) is 5.79 Å². The van der Waals surface area contributed by atoms with Crippen LogP contribution in [0.2, 0.25) is 0 Å². The van der Waals surface area contributed by atoms with Gasteiger partial charge in [-0.15, -0.1) is 0 Å². The van der Waals surface area contributed by atoms with Gasteiger partial charge in [-0.25, -0.2) is 0 Å². The van der Waals surface area contributed by atoms with Crippen molar-refractivity contribution in [2.45, 2.75) is 31.2 Å². The molecule has 13 heavy (non-hydrogen) atoms. The summed E-state index contributed by atoms with van der Waals surface area (Å²) in [5.41, 5.74) is -0.979. The molecule has 1 saturated carbocycles. The lowest BCUT2D eigenvalue weighted by molar-refractivity contribution is -0.196. The van der Waals surface area contributed by atoms with Crippen LogP contribution in [-0.2, 0) is 4.84 Å². The van der Waals surface area contributed by atoms with Crippen LogP contribution in [0.5, 0.6) is 0 Å². The number of hydrogen-bond donors (Lipinski definition) is 1. The maximum Gasteiger partial charge on any atom is 0.433 e. The molecule has 2 atom stereocenters. The van der Waals surface area contributed by atoms with Crippen LogP contribution in [0.15, 0.2) is 5.16 Å². The van der Waals surface area contributed by atoms with Crippen LogP contribution >= 0.6 is 0 Å². The molecule has 0 aromatic heterocycles. The van der Waals surface area contributed by atoms with E-state index in [4.69, 9.17) is 0 Å². The van der Waals surface area contributed by atoms with Crippen molar-refractivity contribution in [1.29, 1.82) is 0 Å². The average molecular weight is 195 g/mol. The highest BCUT2D eigenvalue weighted by molar-refractivity contribution is 5.93. The van der Waals surface area contributed by atoms with Gasteiger partial charge in [0.25, 0.3) is 0 Å². The molecule has 0 bridgehead atoms. The van der Waals surface area contributed by atoms with Gasteiger partial charge >= 0.3 is 6.18 Å². The third kappa shape index (κ3) is 1.20. The number of hydrogen-bond acceptors (Lipinski definition) is 3. The van der Waals surface area contributed by atoms with Crippen LogP contribution in [0.3, 0.4) is 0 Å². The molecule has 2 rings (SSSR count). The van der Waals surface area contributed by atoms with Crippen molar-refractivity contribution in [2.75, 3.05) is 0 Å². The van der Waals surface area contributed by atoms with Crippen LogP contribution in [0.4, 0.5) is 13.2 Å². The van der Waals surface area contributed by atoms with E-state index in [0.717, 1.165) is 0 Å². The number of alkyl halides is 3. The van der Waals surface area contributed by atoms with E-state index in [1.807, 2.05) is 0 Å². The molecule has 2 aliphatic rings. The second kappa shape index (κ2) is 2.37. The molecule has 1 heterocycles. The Kier molecular flexibility index (Phi) is 1.61. The van der Waals surface area contributed by atoms with Crippen molar-refractivity contribution in [3.05, 3.63) is 0 Å². The lowest BCUT2D eigenvalue weighted by atomic mass is 9.97. The summed E-state index contributed by atoms with van der Waals surface area (Å²) >= 11 is 0. The predicted octanol–water partition coefficient (Wildman–Crippen LogP) is 1.42. The van der Waals surface area contributed by atoms with E-state index in [-0.39, 0.29) is 12.8 Å². The number of fused-ring (bicyclic) bond motifs is 1. The molecule has 0 aromatic carbocycles. The molecular formula is C7H8F3NO2. The maximum atomic E-state index is 12.2. The highest BCUT2D eigenvalue weighted by Gasteiger charge is 2.58. The smallest absolute Gasteiger partial charge is 0.359 e. The third-order valence-corrected chi connectivity index (χ3v) is 2.49. The zero-order chi connectivity index (χ0) is 9.69. The van der Waals surface area contributed by atoms with Crippen molar-refractivity contribution >= 4 is 5.71 Å². The first-order valence-corrected chi connectivity index (χ1v) is 3.99. The Bertz CT molecular complexity index is 263. The lowest BCUT2D eigenvalue weighted by Gasteiger charge is -2.19. The fraction of sp³-hybridized carbons (Fsp3) is 0.857. The summed E-state index contributed by atoms with van der Waals surface area (Å²) in [6.45, 7) is 0. The lowest BCUT2D eigenvalue weighted by Crippen LogP contribution is -2.38. The van der Waals surface area contributed by atoms with Gasteiger partial charge in [0.05, 0.1) is 5.92 Å². The SMILES string of the molecule is OC12CCCC1C(C(F)(F)F)=NO2. The summed E-state index contributed by atoms with van der Waals surface area (Å²) in [5, 5.41) is 12.4. The zero-order valence-electron chi connectivity index (χ0n) is 6.64. The minimum atomic E-state index is -4.49. The van der Waals surface area contributed by atoms with E-state index >= 15 is 0 Å². The monoisotopic (exact) mass is 195 g/mol. The van der Waals surface area contributed by atoms with Crippen LogP contribution in [-0.4, -0.2) is 22.8 Å². The molecule has 1 aliphatic heterocycles. The predicted molar refractivity (Wildman–Crippen MR) is 36.9 cm³/mol. The number of nitrogens with zero attached hydrogens (tertiary/aromatic N) is 1. The molecule has 74 valence electrons. The maximum absolute atomic E-state index is 12.2. The Morgan fingerprint density at radius 2 is 2.23 bits per heavy atom. The quantitative estimate of drug-likeness (QED) is 0.635. The number of rotatable bonds is 0. The molecule has 1 fully saturated rings. The van der Waals surface area contributed by atoms with E-state index < -0.39 is 23.6 Å². The molecule has 6 heteroatoms. The van der Waals surface area contributed by atoms with Crippen molar-refractivity contribution in [3.8, 4) is 0 Å². The van der Waals surface area contributed by atoms with Gasteiger partial charge < -0.3 is 9.94 Å². The second-order valence-electron chi connectivity index (χ2n) is 3.36. The van der Waals surface area contributed by atoms with Crippen LogP contribution in [0.25, 0.3) is 0 Å². The van der Waals surface area contributed by atoms with E-state index in [0.29, 0.717) is 6.42 Å². The van der Waals surface area contributed by atoms with Gasteiger partial charge in [0.1, 0.15) is 0 Å². The fourth-order valence-corrected chi connectivity index (χ4v) is 1.86. The van der Waals surface area contributed by atoms with Gasteiger partial charge in [0, 0.05) is 6.42 Å². The van der Waals surface area contributed by atoms with E-state index in [1.54, 1.807) is 0 Å². The number of aliphatic hydroxyl groups is 1. The zero-order valence-corrected chi connectivity index (χ0v) is 6.64. The minimum absolute atomic E-state index is 0.223. The normalized spacial score (nSPS) is 38.5. The van der Waals surface area contributed by atoms with Gasteiger partial charge in [-0.3, -0.25) is 0 Å². The van der Waals surface area contributed by atoms with Gasteiger partial charge in [-0.05, 0) is 12.8 Å². The fourth-order valence-electron chi connectivity index (χ4n) is 1.86. The summed E-state index contributed by atoms with van der Waals surface area (Å²) < 4.78 is 36.7. The summed E-state index contributed by atoms with van der Waals surface area (Å²) in [6.07, 6.45) is -3.44. The first kappa shape index (κ1) is 8.80. The Morgan fingerprint density at radius 3 is 2.85 bits per heavy atom. The summed E-state index contributed by atoms with van der Waals surface area (Å²) in [5.74, 6) is -2.68. The largest absolute Gasteiger partial charge is 0.433 e. The Morgan fingerprint density at radius 1 is 1.54 bits per heavy atom. The first-order chi connectivity index (χ1) is 5.93. The summed E-state index contributed by atoms with van der Waals surface area (Å²) in [7, 11) is 0. The molecule has 0 amide bonds. The number of oxime groups is 1. The average Bonchev–Trinajstić information content (AvgIpc) is 2.40. The minimum Gasteiger partial charge on any atom is -0.359 e. The molecule has 2 unspecified atom stereocenters. The molecule has 0 saturated heterocycles. The van der Waals surface area contributed by atoms with Gasteiger partial charge in [-0.1, -0.05) is 5.16 Å². The standard InChI is InChI=1S/C7H8F3NO2/c8-7(9,10)5-4-2-1-3-6(4,12)13-11-5/h4,12H,1-3H2. The molecule has 0 spiro atoms. The highest BCUT2D eigenvalue weighted by Crippen LogP contribution is 2.45. The molecule has 3 nitrogen and oxygen atoms in total. The second-order valence-corrected chi connectivity index (χ2v) is 3.36. The number of halogens is 3. The van der Waals surface area contributed by atoms with Gasteiger partial charge in [0.15, 0.2) is 5.71 Å². The Labute approximate surface area is 72.2 Å².